The summed E-state index contributed by atoms with van der Waals surface area (Å²) >= 11 is 0. The first-order valence-electron chi connectivity index (χ1n) is 6.77. The molecule has 100 valence electrons. The Kier molecular flexibility index (Phi) is 4.72. The summed E-state index contributed by atoms with van der Waals surface area (Å²) in [7, 11) is 1.85. The lowest BCUT2D eigenvalue weighted by molar-refractivity contribution is 0.178. The number of hydrogen-bond acceptors (Lipinski definition) is 2. The van der Waals surface area contributed by atoms with Gasteiger partial charge in [-0.1, -0.05) is 49.4 Å². The molecule has 0 aliphatic carbocycles. The molecule has 0 amide bonds. The van der Waals surface area contributed by atoms with Crippen LogP contribution in [0.4, 0.5) is 0 Å². The van der Waals surface area contributed by atoms with E-state index in [0.29, 0.717) is 6.54 Å². The molecule has 0 radical (unpaired) electrons. The van der Waals surface area contributed by atoms with Gasteiger partial charge in [-0.15, -0.1) is 0 Å². The highest BCUT2D eigenvalue weighted by molar-refractivity contribution is 5.68. The molecule has 1 unspecified atom stereocenters. The maximum absolute atomic E-state index is 10.1. The van der Waals surface area contributed by atoms with Gasteiger partial charge in [-0.2, -0.15) is 0 Å². The summed E-state index contributed by atoms with van der Waals surface area (Å²) in [5.74, 6) is 0. The molecule has 2 heteroatoms. The van der Waals surface area contributed by atoms with E-state index in [1.165, 1.54) is 16.7 Å². The van der Waals surface area contributed by atoms with Gasteiger partial charge in [-0.3, -0.25) is 0 Å². The molecule has 19 heavy (non-hydrogen) atoms. The van der Waals surface area contributed by atoms with Crippen molar-refractivity contribution in [3.8, 4) is 11.1 Å². The Hall–Kier alpha value is -1.64. The second kappa shape index (κ2) is 6.50. The van der Waals surface area contributed by atoms with Gasteiger partial charge in [0.15, 0.2) is 0 Å². The molecule has 2 rings (SSSR count). The van der Waals surface area contributed by atoms with Crippen LogP contribution in [0, 0.1) is 0 Å². The highest BCUT2D eigenvalue weighted by Crippen LogP contribution is 2.27. The molecular weight excluding hydrogens is 234 g/mol. The van der Waals surface area contributed by atoms with E-state index in [4.69, 9.17) is 0 Å². The summed E-state index contributed by atoms with van der Waals surface area (Å²) < 4.78 is 0. The Morgan fingerprint density at radius 2 is 1.84 bits per heavy atom. The predicted molar refractivity (Wildman–Crippen MR) is 80.1 cm³/mol. The maximum Gasteiger partial charge on any atom is 0.0914 e. The summed E-state index contributed by atoms with van der Waals surface area (Å²) in [6, 6.07) is 16.6. The van der Waals surface area contributed by atoms with E-state index >= 15 is 0 Å². The van der Waals surface area contributed by atoms with Gasteiger partial charge in [-0.25, -0.2) is 0 Å². The molecule has 0 saturated carbocycles. The Morgan fingerprint density at radius 1 is 1.11 bits per heavy atom. The van der Waals surface area contributed by atoms with E-state index < -0.39 is 6.10 Å². The van der Waals surface area contributed by atoms with Gasteiger partial charge in [0.25, 0.3) is 0 Å². The lowest BCUT2D eigenvalue weighted by Crippen LogP contribution is -2.16. The topological polar surface area (TPSA) is 32.3 Å². The van der Waals surface area contributed by atoms with Gasteiger partial charge in [-0.05, 0) is 41.8 Å². The fourth-order valence-electron chi connectivity index (χ4n) is 2.31. The molecule has 2 N–H and O–H groups in total. The fraction of sp³-hybridized carbons (Fsp3) is 0.294. The first-order chi connectivity index (χ1) is 9.26. The van der Waals surface area contributed by atoms with Crippen molar-refractivity contribution >= 4 is 0 Å². The third-order valence-corrected chi connectivity index (χ3v) is 3.38. The van der Waals surface area contributed by atoms with E-state index in [1.54, 1.807) is 0 Å². The fourth-order valence-corrected chi connectivity index (χ4v) is 2.31. The van der Waals surface area contributed by atoms with E-state index in [0.717, 1.165) is 12.0 Å². The summed E-state index contributed by atoms with van der Waals surface area (Å²) in [5.41, 5.74) is 4.70. The highest BCUT2D eigenvalue weighted by Gasteiger charge is 2.10. The number of aliphatic hydroxyl groups is 1. The average molecular weight is 255 g/mol. The first kappa shape index (κ1) is 13.8. The third-order valence-electron chi connectivity index (χ3n) is 3.38. The Balaban J connectivity index is 2.43. The molecule has 2 aromatic rings. The summed E-state index contributed by atoms with van der Waals surface area (Å²) in [6.07, 6.45) is 0.533. The largest absolute Gasteiger partial charge is 0.387 e. The normalized spacial score (nSPS) is 12.4. The molecule has 0 bridgehead atoms. The van der Waals surface area contributed by atoms with Crippen molar-refractivity contribution in [3.63, 3.8) is 0 Å². The van der Waals surface area contributed by atoms with E-state index in [-0.39, 0.29) is 0 Å². The molecule has 0 aromatic heterocycles. The molecular formula is C17H21NO. The number of aryl methyl sites for hydroxylation is 1. The first-order valence-corrected chi connectivity index (χ1v) is 6.77. The second-order valence-corrected chi connectivity index (χ2v) is 4.71. The van der Waals surface area contributed by atoms with Crippen LogP contribution in [-0.2, 0) is 6.42 Å². The van der Waals surface area contributed by atoms with E-state index in [9.17, 15) is 5.11 Å². The SMILES string of the molecule is CCc1ccc(C(O)CNC)cc1-c1ccccc1. The van der Waals surface area contributed by atoms with Crippen molar-refractivity contribution in [3.05, 3.63) is 59.7 Å². The maximum atomic E-state index is 10.1. The smallest absolute Gasteiger partial charge is 0.0914 e. The van der Waals surface area contributed by atoms with Crippen molar-refractivity contribution < 1.29 is 5.11 Å². The predicted octanol–water partition coefficient (Wildman–Crippen LogP) is 3.17. The Morgan fingerprint density at radius 3 is 2.47 bits per heavy atom. The van der Waals surface area contributed by atoms with Crippen LogP contribution in [0.25, 0.3) is 11.1 Å². The molecule has 1 atom stereocenters. The van der Waals surface area contributed by atoms with Crippen molar-refractivity contribution in [1.29, 1.82) is 0 Å². The summed E-state index contributed by atoms with van der Waals surface area (Å²) in [5, 5.41) is 13.1. The van der Waals surface area contributed by atoms with Gasteiger partial charge in [0.2, 0.25) is 0 Å². The molecule has 0 saturated heterocycles. The number of hydrogen-bond donors (Lipinski definition) is 2. The lowest BCUT2D eigenvalue weighted by Gasteiger charge is -2.15. The van der Waals surface area contributed by atoms with Crippen LogP contribution in [-0.4, -0.2) is 18.7 Å². The molecule has 0 fully saturated rings. The second-order valence-electron chi connectivity index (χ2n) is 4.71. The van der Waals surface area contributed by atoms with Crippen molar-refractivity contribution in [2.75, 3.05) is 13.6 Å². The molecule has 0 aliphatic heterocycles. The number of aliphatic hydroxyl groups excluding tert-OH is 1. The van der Waals surface area contributed by atoms with Crippen LogP contribution in [0.3, 0.4) is 0 Å². The molecule has 0 heterocycles. The zero-order valence-corrected chi connectivity index (χ0v) is 11.6. The van der Waals surface area contributed by atoms with Gasteiger partial charge in [0.05, 0.1) is 6.10 Å². The van der Waals surface area contributed by atoms with Gasteiger partial charge < -0.3 is 10.4 Å². The van der Waals surface area contributed by atoms with Gasteiger partial charge in [0.1, 0.15) is 0 Å². The van der Waals surface area contributed by atoms with Crippen LogP contribution in [0.15, 0.2) is 48.5 Å². The number of nitrogens with one attached hydrogen (secondary N) is 1. The quantitative estimate of drug-likeness (QED) is 0.860. The van der Waals surface area contributed by atoms with Crippen LogP contribution in [0.5, 0.6) is 0 Å². The zero-order valence-electron chi connectivity index (χ0n) is 11.6. The monoisotopic (exact) mass is 255 g/mol. The molecule has 2 nitrogen and oxygen atoms in total. The van der Waals surface area contributed by atoms with Gasteiger partial charge in [0, 0.05) is 6.54 Å². The molecule has 0 spiro atoms. The number of likely N-dealkylation sites (N-methyl/N-ethyl adjacent to an activating group) is 1. The minimum atomic E-state index is -0.460. The third kappa shape index (κ3) is 3.22. The van der Waals surface area contributed by atoms with Crippen LogP contribution < -0.4 is 5.32 Å². The van der Waals surface area contributed by atoms with E-state index in [1.807, 2.05) is 31.3 Å². The van der Waals surface area contributed by atoms with Crippen LogP contribution >= 0.6 is 0 Å². The standard InChI is InChI=1S/C17H21NO/c1-3-13-9-10-15(17(19)12-18-2)11-16(13)14-7-5-4-6-8-14/h4-11,17-19H,3,12H2,1-2H3. The van der Waals surface area contributed by atoms with Crippen LogP contribution in [0.1, 0.15) is 24.2 Å². The molecule has 0 aliphatic rings. The Labute approximate surface area is 115 Å². The van der Waals surface area contributed by atoms with Crippen molar-refractivity contribution in [1.82, 2.24) is 5.32 Å². The zero-order chi connectivity index (χ0) is 13.7. The minimum absolute atomic E-state index is 0.460. The van der Waals surface area contributed by atoms with Crippen molar-refractivity contribution in [2.45, 2.75) is 19.4 Å². The molecule has 2 aromatic carbocycles. The van der Waals surface area contributed by atoms with E-state index in [2.05, 4.69) is 36.5 Å². The number of rotatable bonds is 5. The number of benzene rings is 2. The highest BCUT2D eigenvalue weighted by atomic mass is 16.3. The van der Waals surface area contributed by atoms with Crippen LogP contribution in [0.2, 0.25) is 0 Å². The van der Waals surface area contributed by atoms with Crippen molar-refractivity contribution in [2.24, 2.45) is 0 Å². The average Bonchev–Trinajstić information content (AvgIpc) is 2.47. The lowest BCUT2D eigenvalue weighted by atomic mass is 9.94. The van der Waals surface area contributed by atoms with Gasteiger partial charge >= 0.3 is 0 Å². The Bertz CT molecular complexity index is 522. The summed E-state index contributed by atoms with van der Waals surface area (Å²) in [6.45, 7) is 2.73. The minimum Gasteiger partial charge on any atom is -0.387 e. The summed E-state index contributed by atoms with van der Waals surface area (Å²) in [4.78, 5) is 0.